The van der Waals surface area contributed by atoms with Crippen molar-refractivity contribution < 1.29 is 9.59 Å². The molecule has 28 heavy (non-hydrogen) atoms. The van der Waals surface area contributed by atoms with Crippen LogP contribution in [-0.4, -0.2) is 52.4 Å². The van der Waals surface area contributed by atoms with E-state index in [9.17, 15) is 9.59 Å². The average molecular weight is 379 g/mol. The number of Topliss-reactive ketones (excluding diaryl/α,β-unsaturated/α-hetero) is 1. The fraction of sp³-hybridized carbons (Fsp3) is 0.333. The minimum Gasteiger partial charge on any atom is -0.308 e. The Labute approximate surface area is 164 Å². The summed E-state index contributed by atoms with van der Waals surface area (Å²) < 4.78 is 0. The van der Waals surface area contributed by atoms with E-state index in [1.54, 1.807) is 11.1 Å². The average Bonchev–Trinajstić information content (AvgIpc) is 3.03. The summed E-state index contributed by atoms with van der Waals surface area (Å²) in [5.41, 5.74) is 2.59. The Bertz CT molecular complexity index is 965. The van der Waals surface area contributed by atoms with Crippen LogP contribution in [0, 0.1) is 0 Å². The molecule has 1 atom stereocenters. The molecule has 0 spiro atoms. The largest absolute Gasteiger partial charge is 0.308 e. The number of aromatic amines is 1. The van der Waals surface area contributed by atoms with Gasteiger partial charge in [0.1, 0.15) is 5.78 Å². The van der Waals surface area contributed by atoms with Crippen LogP contribution in [0.4, 0.5) is 5.82 Å². The Morgan fingerprint density at radius 3 is 2.68 bits per heavy atom. The van der Waals surface area contributed by atoms with E-state index in [0.717, 1.165) is 16.5 Å². The fourth-order valence-electron chi connectivity index (χ4n) is 3.12. The quantitative estimate of drug-likeness (QED) is 0.628. The number of carbonyl (C=O) groups is 2. The topological polar surface area (TPSA) is 91.0 Å². The third kappa shape index (κ3) is 5.01. The number of likely N-dealkylation sites (N-methyl/N-ethyl adjacent to an activating group) is 1. The monoisotopic (exact) mass is 379 g/mol. The number of rotatable bonds is 8. The van der Waals surface area contributed by atoms with Crippen molar-refractivity contribution in [1.82, 2.24) is 20.1 Å². The predicted molar refractivity (Wildman–Crippen MR) is 109 cm³/mol. The number of anilines is 1. The number of ketones is 1. The highest BCUT2D eigenvalue weighted by molar-refractivity contribution is 6.00. The summed E-state index contributed by atoms with van der Waals surface area (Å²) in [6.45, 7) is 2.33. The molecule has 0 radical (unpaired) electrons. The lowest BCUT2D eigenvalue weighted by atomic mass is 9.94. The van der Waals surface area contributed by atoms with Gasteiger partial charge >= 0.3 is 0 Å². The summed E-state index contributed by atoms with van der Waals surface area (Å²) in [5, 5.41) is 10.5. The van der Waals surface area contributed by atoms with Gasteiger partial charge in [0.05, 0.1) is 17.4 Å². The van der Waals surface area contributed by atoms with Gasteiger partial charge < -0.3 is 10.2 Å². The van der Waals surface area contributed by atoms with Gasteiger partial charge in [-0.25, -0.2) is 0 Å². The maximum atomic E-state index is 12.5. The highest BCUT2D eigenvalue weighted by Gasteiger charge is 2.15. The summed E-state index contributed by atoms with van der Waals surface area (Å²) >= 11 is 0. The third-order valence-corrected chi connectivity index (χ3v) is 4.50. The lowest BCUT2D eigenvalue weighted by Gasteiger charge is -2.10. The van der Waals surface area contributed by atoms with Crippen LogP contribution in [0.1, 0.15) is 30.5 Å². The van der Waals surface area contributed by atoms with E-state index >= 15 is 0 Å². The number of fused-ring (bicyclic) bond motifs is 1. The number of H-pyrrole nitrogens is 1. The van der Waals surface area contributed by atoms with E-state index in [1.165, 1.54) is 0 Å². The number of aromatic nitrogens is 3. The van der Waals surface area contributed by atoms with Crippen LogP contribution in [0.2, 0.25) is 0 Å². The van der Waals surface area contributed by atoms with Gasteiger partial charge in [-0.2, -0.15) is 5.10 Å². The van der Waals surface area contributed by atoms with E-state index in [1.807, 2.05) is 50.5 Å². The second-order valence-corrected chi connectivity index (χ2v) is 7.31. The molecule has 146 valence electrons. The summed E-state index contributed by atoms with van der Waals surface area (Å²) in [6, 6.07) is 11.8. The van der Waals surface area contributed by atoms with Crippen LogP contribution in [-0.2, 0) is 16.0 Å². The van der Waals surface area contributed by atoms with E-state index in [2.05, 4.69) is 27.4 Å². The van der Waals surface area contributed by atoms with Crippen molar-refractivity contribution in [3.63, 3.8) is 0 Å². The van der Waals surface area contributed by atoms with E-state index in [-0.39, 0.29) is 30.6 Å². The Kier molecular flexibility index (Phi) is 6.16. The Morgan fingerprint density at radius 1 is 1.21 bits per heavy atom. The number of amides is 1. The minimum atomic E-state index is -0.146. The summed E-state index contributed by atoms with van der Waals surface area (Å²) in [7, 11) is 3.65. The summed E-state index contributed by atoms with van der Waals surface area (Å²) in [5.74, 6) is 0.614. The molecule has 3 rings (SSSR count). The third-order valence-electron chi connectivity index (χ3n) is 4.50. The summed E-state index contributed by atoms with van der Waals surface area (Å²) in [6.07, 6.45) is 2.39. The van der Waals surface area contributed by atoms with Crippen LogP contribution in [0.15, 0.2) is 42.6 Å². The molecule has 7 nitrogen and oxygen atoms in total. The highest BCUT2D eigenvalue weighted by atomic mass is 16.2. The minimum absolute atomic E-state index is 0.141. The first-order valence-electron chi connectivity index (χ1n) is 9.26. The number of hydrogen-bond donors (Lipinski definition) is 2. The highest BCUT2D eigenvalue weighted by Crippen LogP contribution is 2.22. The predicted octanol–water partition coefficient (Wildman–Crippen LogP) is 2.76. The zero-order valence-electron chi connectivity index (χ0n) is 16.4. The molecule has 2 heterocycles. The van der Waals surface area contributed by atoms with Gasteiger partial charge in [0.2, 0.25) is 5.91 Å². The van der Waals surface area contributed by atoms with E-state index in [4.69, 9.17) is 0 Å². The van der Waals surface area contributed by atoms with Gasteiger partial charge in [-0.15, -0.1) is 0 Å². The molecular weight excluding hydrogens is 354 g/mol. The fourth-order valence-corrected chi connectivity index (χ4v) is 3.12. The van der Waals surface area contributed by atoms with Crippen LogP contribution >= 0.6 is 0 Å². The number of hydrogen-bond acceptors (Lipinski definition) is 5. The van der Waals surface area contributed by atoms with E-state index in [0.29, 0.717) is 17.9 Å². The molecule has 2 N–H and O–H groups in total. The number of pyridine rings is 1. The van der Waals surface area contributed by atoms with E-state index < -0.39 is 0 Å². The molecule has 0 aliphatic rings. The standard InChI is InChI=1S/C21H25N5O2/c1-14(15-7-5-4-6-8-15)9-17(27)10-16-11-19-18(12-22-16)21(25-24-19)23-20(28)13-26(2)3/h4-8,11-12,14H,9-10,13H2,1-3H3,(H2,23,24,25,28)/t14-/m0/s1. The number of nitrogens with one attached hydrogen (secondary N) is 2. The van der Waals surface area contributed by atoms with Crippen molar-refractivity contribution >= 4 is 28.4 Å². The summed E-state index contributed by atoms with van der Waals surface area (Å²) in [4.78, 5) is 30.5. The van der Waals surface area contributed by atoms with Gasteiger partial charge in [-0.05, 0) is 31.6 Å². The van der Waals surface area contributed by atoms with Crippen molar-refractivity contribution in [2.75, 3.05) is 26.0 Å². The van der Waals surface area contributed by atoms with Crippen LogP contribution in [0.3, 0.4) is 0 Å². The molecule has 0 saturated heterocycles. The van der Waals surface area contributed by atoms with Gasteiger partial charge in [-0.1, -0.05) is 37.3 Å². The first-order valence-corrected chi connectivity index (χ1v) is 9.26. The van der Waals surface area contributed by atoms with Gasteiger partial charge in [0.15, 0.2) is 5.82 Å². The Balaban J connectivity index is 1.64. The Morgan fingerprint density at radius 2 is 1.96 bits per heavy atom. The first kappa shape index (κ1) is 19.7. The molecule has 2 aromatic heterocycles. The number of benzene rings is 1. The van der Waals surface area contributed by atoms with Gasteiger partial charge in [-0.3, -0.25) is 19.7 Å². The SMILES string of the molecule is C[C@@H](CC(=O)Cc1cc2[nH]nc(NC(=O)CN(C)C)c2cn1)c1ccccc1. The molecule has 0 fully saturated rings. The molecular formula is C21H25N5O2. The number of nitrogens with zero attached hydrogens (tertiary/aromatic N) is 3. The molecule has 7 heteroatoms. The van der Waals surface area contributed by atoms with Crippen molar-refractivity contribution in [3.8, 4) is 0 Å². The lowest BCUT2D eigenvalue weighted by molar-refractivity contribution is -0.119. The number of carbonyl (C=O) groups excluding carboxylic acids is 2. The second kappa shape index (κ2) is 8.75. The molecule has 0 aliphatic heterocycles. The Hall–Kier alpha value is -3.06. The zero-order valence-corrected chi connectivity index (χ0v) is 16.4. The molecule has 1 amide bonds. The van der Waals surface area contributed by atoms with Gasteiger partial charge in [0, 0.05) is 24.7 Å². The van der Waals surface area contributed by atoms with Crippen LogP contribution in [0.25, 0.3) is 10.9 Å². The maximum Gasteiger partial charge on any atom is 0.239 e. The first-order chi connectivity index (χ1) is 13.4. The van der Waals surface area contributed by atoms with Crippen molar-refractivity contribution in [1.29, 1.82) is 0 Å². The maximum absolute atomic E-state index is 12.5. The van der Waals surface area contributed by atoms with Crippen molar-refractivity contribution in [2.45, 2.75) is 25.7 Å². The van der Waals surface area contributed by atoms with Crippen LogP contribution < -0.4 is 5.32 Å². The molecule has 0 bridgehead atoms. The van der Waals surface area contributed by atoms with Crippen molar-refractivity contribution in [2.24, 2.45) is 0 Å². The molecule has 0 saturated carbocycles. The van der Waals surface area contributed by atoms with Gasteiger partial charge in [0.25, 0.3) is 0 Å². The molecule has 1 aromatic carbocycles. The van der Waals surface area contributed by atoms with Crippen molar-refractivity contribution in [3.05, 3.63) is 53.9 Å². The smallest absolute Gasteiger partial charge is 0.239 e. The molecule has 0 aliphatic carbocycles. The molecule has 0 unspecified atom stereocenters. The lowest BCUT2D eigenvalue weighted by Crippen LogP contribution is -2.27. The second-order valence-electron chi connectivity index (χ2n) is 7.31. The normalized spacial score (nSPS) is 12.3. The molecule has 3 aromatic rings. The van der Waals surface area contributed by atoms with Crippen LogP contribution in [0.5, 0.6) is 0 Å². The zero-order chi connectivity index (χ0) is 20.1.